The Morgan fingerprint density at radius 2 is 1.90 bits per heavy atom. The molecule has 4 heteroatoms. The molecule has 1 N–H and O–H groups in total. The van der Waals surface area contributed by atoms with Gasteiger partial charge in [-0.2, -0.15) is 0 Å². The molecule has 0 aliphatic rings. The van der Waals surface area contributed by atoms with Crippen molar-refractivity contribution in [2.24, 2.45) is 0 Å². The molecule has 0 fully saturated rings. The van der Waals surface area contributed by atoms with Crippen LogP contribution in [0.3, 0.4) is 0 Å². The second-order valence-electron chi connectivity index (χ2n) is 5.75. The summed E-state index contributed by atoms with van der Waals surface area (Å²) in [5.41, 5.74) is 1.96. The molecule has 2 rings (SSSR count). The molecule has 106 valence electrons. The smallest absolute Gasteiger partial charge is 0.136 e. The fourth-order valence-corrected chi connectivity index (χ4v) is 2.25. The summed E-state index contributed by atoms with van der Waals surface area (Å²) in [5.74, 6) is 1.73. The van der Waals surface area contributed by atoms with Crippen LogP contribution in [-0.2, 0) is 5.41 Å². The molecule has 0 radical (unpaired) electrons. The highest BCUT2D eigenvalue weighted by atomic mass is 79.9. The van der Waals surface area contributed by atoms with Gasteiger partial charge in [0.2, 0.25) is 0 Å². The maximum absolute atomic E-state index is 4.73. The van der Waals surface area contributed by atoms with Crippen LogP contribution in [0, 0.1) is 0 Å². The van der Waals surface area contributed by atoms with Crippen molar-refractivity contribution < 1.29 is 0 Å². The highest BCUT2D eigenvalue weighted by Crippen LogP contribution is 2.27. The van der Waals surface area contributed by atoms with Gasteiger partial charge in [-0.3, -0.25) is 0 Å². The highest BCUT2D eigenvalue weighted by Gasteiger charge is 2.19. The van der Waals surface area contributed by atoms with Crippen LogP contribution in [0.25, 0.3) is 11.3 Å². The molecule has 1 aromatic carbocycles. The Labute approximate surface area is 129 Å². The van der Waals surface area contributed by atoms with Gasteiger partial charge < -0.3 is 5.32 Å². The lowest BCUT2D eigenvalue weighted by Gasteiger charge is -2.19. The predicted molar refractivity (Wildman–Crippen MR) is 88.0 cm³/mol. The number of hydrogen-bond acceptors (Lipinski definition) is 3. The van der Waals surface area contributed by atoms with Crippen molar-refractivity contribution in [1.29, 1.82) is 0 Å². The van der Waals surface area contributed by atoms with Crippen LogP contribution < -0.4 is 5.32 Å². The van der Waals surface area contributed by atoms with E-state index in [1.54, 1.807) is 0 Å². The lowest BCUT2D eigenvalue weighted by molar-refractivity contribution is 0.546. The molecule has 0 aliphatic heterocycles. The zero-order valence-corrected chi connectivity index (χ0v) is 14.0. The van der Waals surface area contributed by atoms with E-state index in [1.807, 2.05) is 18.2 Å². The van der Waals surface area contributed by atoms with Crippen LogP contribution in [0.4, 0.5) is 5.82 Å². The molecule has 20 heavy (non-hydrogen) atoms. The van der Waals surface area contributed by atoms with Crippen LogP contribution in [0.15, 0.2) is 34.8 Å². The van der Waals surface area contributed by atoms with Crippen LogP contribution in [0.2, 0.25) is 0 Å². The van der Waals surface area contributed by atoms with E-state index in [4.69, 9.17) is 4.98 Å². The Balaban J connectivity index is 2.54. The molecule has 1 aromatic heterocycles. The second kappa shape index (κ2) is 5.92. The Kier molecular flexibility index (Phi) is 4.43. The number of hydrogen-bond donors (Lipinski definition) is 1. The van der Waals surface area contributed by atoms with Crippen molar-refractivity contribution in [1.82, 2.24) is 9.97 Å². The largest absolute Gasteiger partial charge is 0.370 e. The third-order valence-electron chi connectivity index (χ3n) is 2.88. The van der Waals surface area contributed by atoms with Crippen molar-refractivity contribution in [3.8, 4) is 11.3 Å². The maximum atomic E-state index is 4.73. The van der Waals surface area contributed by atoms with E-state index in [-0.39, 0.29) is 5.41 Å². The van der Waals surface area contributed by atoms with E-state index in [2.05, 4.69) is 66.1 Å². The zero-order valence-electron chi connectivity index (χ0n) is 12.4. The number of rotatable bonds is 3. The molecule has 3 nitrogen and oxygen atoms in total. The van der Waals surface area contributed by atoms with Crippen LogP contribution in [0.5, 0.6) is 0 Å². The molecule has 0 spiro atoms. The quantitative estimate of drug-likeness (QED) is 0.889. The van der Waals surface area contributed by atoms with Crippen LogP contribution in [-0.4, -0.2) is 16.5 Å². The lowest BCUT2D eigenvalue weighted by Crippen LogP contribution is -2.17. The van der Waals surface area contributed by atoms with E-state index in [9.17, 15) is 0 Å². The molecule has 0 bridgehead atoms. The summed E-state index contributed by atoms with van der Waals surface area (Å²) >= 11 is 3.51. The van der Waals surface area contributed by atoms with E-state index < -0.39 is 0 Å². The Bertz CT molecular complexity index is 603. The minimum Gasteiger partial charge on any atom is -0.370 e. The summed E-state index contributed by atoms with van der Waals surface area (Å²) in [5, 5.41) is 3.28. The molecule has 0 unspecified atom stereocenters. The van der Waals surface area contributed by atoms with E-state index in [1.165, 1.54) is 0 Å². The lowest BCUT2D eigenvalue weighted by atomic mass is 9.95. The minimum absolute atomic E-state index is 0.0772. The van der Waals surface area contributed by atoms with Crippen molar-refractivity contribution in [3.63, 3.8) is 0 Å². The van der Waals surface area contributed by atoms with E-state index >= 15 is 0 Å². The van der Waals surface area contributed by atoms with Gasteiger partial charge in [0, 0.05) is 28.1 Å². The van der Waals surface area contributed by atoms with Crippen LogP contribution >= 0.6 is 15.9 Å². The van der Waals surface area contributed by atoms with Gasteiger partial charge in [-0.1, -0.05) is 48.8 Å². The monoisotopic (exact) mass is 333 g/mol. The van der Waals surface area contributed by atoms with Crippen molar-refractivity contribution in [3.05, 3.63) is 40.6 Å². The van der Waals surface area contributed by atoms with Gasteiger partial charge in [0.1, 0.15) is 11.6 Å². The Hall–Kier alpha value is -1.42. The number of halogens is 1. The summed E-state index contributed by atoms with van der Waals surface area (Å²) in [6.45, 7) is 9.30. The maximum Gasteiger partial charge on any atom is 0.136 e. The third-order valence-corrected chi connectivity index (χ3v) is 3.37. The number of nitrogens with one attached hydrogen (secondary N) is 1. The first kappa shape index (κ1) is 15.0. The first-order valence-corrected chi connectivity index (χ1v) is 7.59. The van der Waals surface area contributed by atoms with Gasteiger partial charge in [-0.25, -0.2) is 9.97 Å². The molecular weight excluding hydrogens is 314 g/mol. The minimum atomic E-state index is -0.0772. The van der Waals surface area contributed by atoms with Gasteiger partial charge in [-0.05, 0) is 19.1 Å². The fourth-order valence-electron chi connectivity index (χ4n) is 1.85. The summed E-state index contributed by atoms with van der Waals surface area (Å²) < 4.78 is 1.05. The molecule has 2 aromatic rings. The first-order chi connectivity index (χ1) is 9.40. The van der Waals surface area contributed by atoms with E-state index in [0.717, 1.165) is 33.9 Å². The van der Waals surface area contributed by atoms with Crippen LogP contribution in [0.1, 0.15) is 33.5 Å². The molecule has 0 aliphatic carbocycles. The average Bonchev–Trinajstić information content (AvgIpc) is 2.38. The molecule has 1 heterocycles. The SMILES string of the molecule is CCNc1cc(-c2cccc(Br)c2)nc(C(C)(C)C)n1. The first-order valence-electron chi connectivity index (χ1n) is 6.79. The van der Waals surface area contributed by atoms with Crippen molar-refractivity contribution in [2.45, 2.75) is 33.1 Å². The van der Waals surface area contributed by atoms with Crippen molar-refractivity contribution >= 4 is 21.7 Å². The van der Waals surface area contributed by atoms with E-state index in [0.29, 0.717) is 0 Å². The summed E-state index contributed by atoms with van der Waals surface area (Å²) in [6.07, 6.45) is 0. The van der Waals surface area contributed by atoms with Gasteiger partial charge in [-0.15, -0.1) is 0 Å². The number of aromatic nitrogens is 2. The van der Waals surface area contributed by atoms with Gasteiger partial charge >= 0.3 is 0 Å². The fraction of sp³-hybridized carbons (Fsp3) is 0.375. The summed E-state index contributed by atoms with van der Waals surface area (Å²) in [7, 11) is 0. The molecule has 0 saturated carbocycles. The highest BCUT2D eigenvalue weighted by molar-refractivity contribution is 9.10. The van der Waals surface area contributed by atoms with Gasteiger partial charge in [0.25, 0.3) is 0 Å². The predicted octanol–water partition coefficient (Wildman–Crippen LogP) is 4.64. The molecular formula is C16H20BrN3. The third kappa shape index (κ3) is 3.57. The Morgan fingerprint density at radius 1 is 1.15 bits per heavy atom. The summed E-state index contributed by atoms with van der Waals surface area (Å²) in [4.78, 5) is 9.33. The average molecular weight is 334 g/mol. The standard InChI is InChI=1S/C16H20BrN3/c1-5-18-14-10-13(11-7-6-8-12(17)9-11)19-15(20-14)16(2,3)4/h6-10H,5H2,1-4H3,(H,18,19,20). The second-order valence-corrected chi connectivity index (χ2v) is 6.67. The molecule has 0 amide bonds. The van der Waals surface area contributed by atoms with Gasteiger partial charge in [0.05, 0.1) is 5.69 Å². The number of anilines is 1. The topological polar surface area (TPSA) is 37.8 Å². The zero-order chi connectivity index (χ0) is 14.8. The molecule has 0 atom stereocenters. The number of nitrogens with zero attached hydrogens (tertiary/aromatic N) is 2. The van der Waals surface area contributed by atoms with Crippen molar-refractivity contribution in [2.75, 3.05) is 11.9 Å². The number of benzene rings is 1. The summed E-state index contributed by atoms with van der Waals surface area (Å²) in [6, 6.07) is 10.2. The Morgan fingerprint density at radius 3 is 2.50 bits per heavy atom. The normalized spacial score (nSPS) is 11.4. The molecule has 0 saturated heterocycles. The van der Waals surface area contributed by atoms with Gasteiger partial charge in [0.15, 0.2) is 0 Å².